The van der Waals surface area contributed by atoms with Crippen molar-refractivity contribution in [1.82, 2.24) is 25.4 Å². The summed E-state index contributed by atoms with van der Waals surface area (Å²) >= 11 is 18.5. The molecule has 2 atom stereocenters. The van der Waals surface area contributed by atoms with Gasteiger partial charge in [-0.05, 0) is 43.7 Å². The molecular formula is C19H20Cl3N5O2. The fourth-order valence-corrected chi connectivity index (χ4v) is 3.89. The molecule has 10 heteroatoms. The lowest BCUT2D eigenvalue weighted by Gasteiger charge is -2.30. The maximum absolute atomic E-state index is 13.1. The first kappa shape index (κ1) is 21.8. The third-order valence-electron chi connectivity index (χ3n) is 4.48. The maximum Gasteiger partial charge on any atom is 0.274 e. The van der Waals surface area contributed by atoms with Gasteiger partial charge in [0.25, 0.3) is 5.91 Å². The van der Waals surface area contributed by atoms with Gasteiger partial charge in [-0.25, -0.2) is 9.67 Å². The molecule has 1 aliphatic carbocycles. The van der Waals surface area contributed by atoms with Gasteiger partial charge in [0.15, 0.2) is 11.0 Å². The molecular weight excluding hydrogens is 437 g/mol. The van der Waals surface area contributed by atoms with Gasteiger partial charge in [0.2, 0.25) is 0 Å². The van der Waals surface area contributed by atoms with Crippen LogP contribution in [0.3, 0.4) is 0 Å². The number of carbonyl (C=O) groups is 1. The quantitative estimate of drug-likeness (QED) is 0.577. The molecule has 0 aromatic carbocycles. The summed E-state index contributed by atoms with van der Waals surface area (Å²) in [5.41, 5.74) is 1.49. The van der Waals surface area contributed by atoms with E-state index in [1.54, 1.807) is 24.4 Å². The lowest BCUT2D eigenvalue weighted by Crippen LogP contribution is -2.42. The van der Waals surface area contributed by atoms with E-state index >= 15 is 0 Å². The van der Waals surface area contributed by atoms with Crippen LogP contribution in [0.2, 0.25) is 10.2 Å². The minimum Gasteiger partial charge on any atom is -0.378 e. The lowest BCUT2D eigenvalue weighted by molar-refractivity contribution is 0.0828. The summed E-state index contributed by atoms with van der Waals surface area (Å²) in [4.78, 5) is 17.3. The van der Waals surface area contributed by atoms with Gasteiger partial charge in [-0.1, -0.05) is 41.7 Å². The van der Waals surface area contributed by atoms with E-state index in [1.165, 1.54) is 10.7 Å². The highest BCUT2D eigenvalue weighted by Gasteiger charge is 2.30. The number of hydrogen-bond donors (Lipinski definition) is 3. The molecule has 7 nitrogen and oxygen atoms in total. The van der Waals surface area contributed by atoms with Crippen molar-refractivity contribution < 1.29 is 9.90 Å². The first-order valence-corrected chi connectivity index (χ1v) is 10.1. The number of halogens is 3. The molecule has 2 heterocycles. The summed E-state index contributed by atoms with van der Waals surface area (Å²) in [5, 5.41) is 21.5. The van der Waals surface area contributed by atoms with E-state index in [4.69, 9.17) is 34.8 Å². The van der Waals surface area contributed by atoms with E-state index in [1.807, 2.05) is 13.8 Å². The predicted molar refractivity (Wildman–Crippen MR) is 113 cm³/mol. The number of nitrogens with one attached hydrogen (secondary N) is 2. The van der Waals surface area contributed by atoms with Crippen molar-refractivity contribution in [2.75, 3.05) is 6.54 Å². The van der Waals surface area contributed by atoms with Gasteiger partial charge in [0.05, 0.1) is 5.02 Å². The molecule has 3 N–H and O–H groups in total. The fourth-order valence-electron chi connectivity index (χ4n) is 3.18. The summed E-state index contributed by atoms with van der Waals surface area (Å²) in [5.74, 6) is -0.588. The zero-order valence-corrected chi connectivity index (χ0v) is 18.1. The second-order valence-electron chi connectivity index (χ2n) is 6.53. The van der Waals surface area contributed by atoms with Gasteiger partial charge in [0, 0.05) is 28.9 Å². The SMILES string of the molecule is CCN[C@@H](O)C1CC(Cl)=CC(C)=C1NC(=O)c1cc(Cl)nn1-c1ncccc1Cl. The Balaban J connectivity index is 1.95. The Kier molecular flexibility index (Phi) is 6.97. The third-order valence-corrected chi connectivity index (χ3v) is 5.22. The van der Waals surface area contributed by atoms with Crippen molar-refractivity contribution in [2.45, 2.75) is 26.5 Å². The average Bonchev–Trinajstić information content (AvgIpc) is 3.05. The molecule has 154 valence electrons. The van der Waals surface area contributed by atoms with E-state index in [2.05, 4.69) is 20.7 Å². The number of hydrogen-bond acceptors (Lipinski definition) is 5. The summed E-state index contributed by atoms with van der Waals surface area (Å²) in [7, 11) is 0. The van der Waals surface area contributed by atoms with E-state index in [-0.39, 0.29) is 16.7 Å². The standard InChI is InChI=1S/C19H20Cl3N5O2/c1-3-23-18(28)12-8-11(20)7-10(2)16(12)25-19(29)14-9-15(22)26-27(14)17-13(21)5-4-6-24-17/h4-7,9,12,18,23,28H,3,8H2,1-2H3,(H,25,29)/t12?,18-/m0/s1. The summed E-state index contributed by atoms with van der Waals surface area (Å²) in [6.07, 6.45) is 2.84. The maximum atomic E-state index is 13.1. The Morgan fingerprint density at radius 2 is 2.17 bits per heavy atom. The zero-order chi connectivity index (χ0) is 21.1. The number of amides is 1. The van der Waals surface area contributed by atoms with Crippen LogP contribution in [-0.2, 0) is 0 Å². The van der Waals surface area contributed by atoms with Gasteiger partial charge >= 0.3 is 0 Å². The third kappa shape index (κ3) is 4.82. The fraction of sp³-hybridized carbons (Fsp3) is 0.316. The molecule has 2 aromatic heterocycles. The molecule has 0 fully saturated rings. The van der Waals surface area contributed by atoms with Gasteiger partial charge in [-0.2, -0.15) is 5.10 Å². The number of rotatable bonds is 6. The van der Waals surface area contributed by atoms with Crippen molar-refractivity contribution in [3.05, 3.63) is 62.6 Å². The molecule has 2 aromatic rings. The second-order valence-corrected chi connectivity index (χ2v) is 7.81. The molecule has 1 amide bonds. The average molecular weight is 457 g/mol. The Bertz CT molecular complexity index is 986. The van der Waals surface area contributed by atoms with Crippen molar-refractivity contribution >= 4 is 40.7 Å². The zero-order valence-electron chi connectivity index (χ0n) is 15.8. The molecule has 0 radical (unpaired) electrons. The minimum atomic E-state index is -0.869. The molecule has 1 unspecified atom stereocenters. The predicted octanol–water partition coefficient (Wildman–Crippen LogP) is 3.65. The van der Waals surface area contributed by atoms with Crippen LogP contribution >= 0.6 is 34.8 Å². The van der Waals surface area contributed by atoms with Crippen LogP contribution in [0.15, 0.2) is 46.8 Å². The minimum absolute atomic E-state index is 0.124. The van der Waals surface area contributed by atoms with E-state index < -0.39 is 18.1 Å². The Labute approximate surface area is 183 Å². The van der Waals surface area contributed by atoms with Crippen LogP contribution in [-0.4, -0.2) is 38.6 Å². The second kappa shape index (κ2) is 9.28. The number of allylic oxidation sites excluding steroid dienone is 3. The van der Waals surface area contributed by atoms with Crippen molar-refractivity contribution in [1.29, 1.82) is 0 Å². The highest BCUT2D eigenvalue weighted by atomic mass is 35.5. The van der Waals surface area contributed by atoms with E-state index in [0.717, 1.165) is 5.57 Å². The van der Waals surface area contributed by atoms with Gasteiger partial charge < -0.3 is 10.4 Å². The number of aliphatic hydroxyl groups is 1. The van der Waals surface area contributed by atoms with Crippen LogP contribution in [0.1, 0.15) is 30.8 Å². The van der Waals surface area contributed by atoms with Crippen LogP contribution < -0.4 is 10.6 Å². The molecule has 0 bridgehead atoms. The number of pyridine rings is 1. The van der Waals surface area contributed by atoms with E-state index in [0.29, 0.717) is 28.7 Å². The van der Waals surface area contributed by atoms with Gasteiger partial charge in [-0.15, -0.1) is 0 Å². The van der Waals surface area contributed by atoms with Gasteiger partial charge in [0.1, 0.15) is 11.9 Å². The normalized spacial score (nSPS) is 17.9. The van der Waals surface area contributed by atoms with Crippen LogP contribution in [0.25, 0.3) is 5.82 Å². The summed E-state index contributed by atoms with van der Waals surface area (Å²) in [6, 6.07) is 4.75. The van der Waals surface area contributed by atoms with Crippen LogP contribution in [0.5, 0.6) is 0 Å². The molecule has 3 rings (SSSR count). The Hall–Kier alpha value is -1.90. The van der Waals surface area contributed by atoms with E-state index in [9.17, 15) is 9.90 Å². The number of nitrogens with zero attached hydrogens (tertiary/aromatic N) is 3. The molecule has 29 heavy (non-hydrogen) atoms. The first-order chi connectivity index (χ1) is 13.8. The van der Waals surface area contributed by atoms with Crippen LogP contribution in [0, 0.1) is 5.92 Å². The van der Waals surface area contributed by atoms with Crippen LogP contribution in [0.4, 0.5) is 0 Å². The highest BCUT2D eigenvalue weighted by Crippen LogP contribution is 2.32. The largest absolute Gasteiger partial charge is 0.378 e. The first-order valence-electron chi connectivity index (χ1n) is 8.98. The highest BCUT2D eigenvalue weighted by molar-refractivity contribution is 6.32. The topological polar surface area (TPSA) is 92.1 Å². The van der Waals surface area contributed by atoms with Crippen molar-refractivity contribution in [2.24, 2.45) is 5.92 Å². The van der Waals surface area contributed by atoms with Gasteiger partial charge in [-0.3, -0.25) is 10.1 Å². The molecule has 1 aliphatic rings. The monoisotopic (exact) mass is 455 g/mol. The molecule has 0 saturated heterocycles. The lowest BCUT2D eigenvalue weighted by atomic mass is 9.90. The Morgan fingerprint density at radius 3 is 2.86 bits per heavy atom. The van der Waals surface area contributed by atoms with Crippen molar-refractivity contribution in [3.8, 4) is 5.82 Å². The van der Waals surface area contributed by atoms with Crippen molar-refractivity contribution in [3.63, 3.8) is 0 Å². The number of aromatic nitrogens is 3. The Morgan fingerprint density at radius 1 is 1.41 bits per heavy atom. The number of carbonyl (C=O) groups excluding carboxylic acids is 1. The molecule has 0 saturated carbocycles. The number of aliphatic hydroxyl groups excluding tert-OH is 1. The molecule has 0 spiro atoms. The summed E-state index contributed by atoms with van der Waals surface area (Å²) in [6.45, 7) is 4.28. The molecule has 0 aliphatic heterocycles. The summed E-state index contributed by atoms with van der Waals surface area (Å²) < 4.78 is 1.29. The smallest absolute Gasteiger partial charge is 0.274 e.